The summed E-state index contributed by atoms with van der Waals surface area (Å²) < 4.78 is 2.15. The fourth-order valence-electron chi connectivity index (χ4n) is 3.48. The van der Waals surface area contributed by atoms with Crippen LogP contribution in [0, 0.1) is 6.92 Å². The molecule has 1 aliphatic heterocycles. The van der Waals surface area contributed by atoms with Crippen molar-refractivity contribution in [3.8, 4) is 0 Å². The van der Waals surface area contributed by atoms with Gasteiger partial charge in [0.25, 0.3) is 5.91 Å². The number of pyridine rings is 1. The molecule has 6 nitrogen and oxygen atoms in total. The van der Waals surface area contributed by atoms with Crippen molar-refractivity contribution in [1.29, 1.82) is 0 Å². The van der Waals surface area contributed by atoms with Crippen LogP contribution in [-0.4, -0.2) is 37.1 Å². The molecule has 0 bridgehead atoms. The summed E-state index contributed by atoms with van der Waals surface area (Å²) in [5.74, 6) is 1.58. The van der Waals surface area contributed by atoms with Gasteiger partial charge in [-0.05, 0) is 25.0 Å². The number of benzene rings is 1. The van der Waals surface area contributed by atoms with Gasteiger partial charge in [0.05, 0.1) is 23.2 Å². The van der Waals surface area contributed by atoms with Crippen LogP contribution in [0.2, 0.25) is 5.02 Å². The van der Waals surface area contributed by atoms with Gasteiger partial charge in [0, 0.05) is 18.9 Å². The molecule has 0 radical (unpaired) electrons. The second kappa shape index (κ2) is 6.88. The lowest BCUT2D eigenvalue weighted by atomic mass is 10.0. The Morgan fingerprint density at radius 2 is 2.04 bits per heavy atom. The van der Waals surface area contributed by atoms with E-state index in [1.807, 2.05) is 25.1 Å². The molecule has 0 N–H and O–H groups in total. The van der Waals surface area contributed by atoms with Crippen LogP contribution in [-0.2, 0) is 13.0 Å². The van der Waals surface area contributed by atoms with E-state index in [1.54, 1.807) is 17.2 Å². The van der Waals surface area contributed by atoms with Crippen LogP contribution >= 0.6 is 11.6 Å². The minimum atomic E-state index is -0.0926. The van der Waals surface area contributed by atoms with E-state index < -0.39 is 0 Å². The van der Waals surface area contributed by atoms with Gasteiger partial charge in [-0.2, -0.15) is 0 Å². The zero-order valence-electron chi connectivity index (χ0n) is 14.3. The van der Waals surface area contributed by atoms with Gasteiger partial charge >= 0.3 is 0 Å². The minimum Gasteiger partial charge on any atom is -0.329 e. The predicted molar refractivity (Wildman–Crippen MR) is 97.9 cm³/mol. The third-order valence-electron chi connectivity index (χ3n) is 4.62. The van der Waals surface area contributed by atoms with Crippen LogP contribution in [0.3, 0.4) is 0 Å². The van der Waals surface area contributed by atoms with E-state index >= 15 is 0 Å². The lowest BCUT2D eigenvalue weighted by molar-refractivity contribution is 0.0671. The Morgan fingerprint density at radius 1 is 1.23 bits per heavy atom. The SMILES string of the molecule is Cc1nnc2n1[C@H](Cc1ccccc1)CN(C(=O)c1cncc(Cl)c1)C2. The molecule has 1 atom stereocenters. The number of aromatic nitrogens is 4. The molecule has 7 heteroatoms. The van der Waals surface area contributed by atoms with Gasteiger partial charge in [0.2, 0.25) is 0 Å². The molecular formula is C19H18ClN5O. The molecule has 0 fully saturated rings. The molecule has 1 aliphatic rings. The molecule has 3 aromatic rings. The third-order valence-corrected chi connectivity index (χ3v) is 4.83. The molecule has 0 aliphatic carbocycles. The maximum atomic E-state index is 12.9. The summed E-state index contributed by atoms with van der Waals surface area (Å²) in [6.45, 7) is 2.97. The minimum absolute atomic E-state index is 0.0900. The fraction of sp³-hybridized carbons (Fsp3) is 0.263. The molecule has 1 amide bonds. The number of nitrogens with zero attached hydrogens (tertiary/aromatic N) is 5. The second-order valence-corrected chi connectivity index (χ2v) is 6.89. The van der Waals surface area contributed by atoms with E-state index in [0.29, 0.717) is 23.7 Å². The standard InChI is InChI=1S/C19H18ClN5O/c1-13-22-23-18-12-24(19(26)15-8-16(20)10-21-9-15)11-17(25(13)18)7-14-5-3-2-4-6-14/h2-6,8-10,17H,7,11-12H2,1H3/t17-/m1/s1. The third kappa shape index (κ3) is 3.20. The molecule has 3 heterocycles. The van der Waals surface area contributed by atoms with Gasteiger partial charge in [-0.3, -0.25) is 9.78 Å². The first-order valence-electron chi connectivity index (χ1n) is 8.46. The molecule has 1 aromatic carbocycles. The second-order valence-electron chi connectivity index (χ2n) is 6.45. The highest BCUT2D eigenvalue weighted by atomic mass is 35.5. The Balaban J connectivity index is 1.64. The highest BCUT2D eigenvalue weighted by Crippen LogP contribution is 2.26. The maximum absolute atomic E-state index is 12.9. The molecular weight excluding hydrogens is 350 g/mol. The van der Waals surface area contributed by atoms with Crippen LogP contribution < -0.4 is 0 Å². The molecule has 2 aromatic heterocycles. The lowest BCUT2D eigenvalue weighted by Crippen LogP contribution is -2.42. The first-order chi connectivity index (χ1) is 12.6. The van der Waals surface area contributed by atoms with Gasteiger partial charge < -0.3 is 9.47 Å². The zero-order valence-corrected chi connectivity index (χ0v) is 15.1. The van der Waals surface area contributed by atoms with E-state index in [9.17, 15) is 4.79 Å². The normalized spacial score (nSPS) is 16.4. The number of hydrogen-bond donors (Lipinski definition) is 0. The van der Waals surface area contributed by atoms with Crippen LogP contribution in [0.25, 0.3) is 0 Å². The van der Waals surface area contributed by atoms with Crippen molar-refractivity contribution >= 4 is 17.5 Å². The summed E-state index contributed by atoms with van der Waals surface area (Å²) in [5, 5.41) is 8.93. The molecule has 0 saturated heterocycles. The van der Waals surface area contributed by atoms with Crippen LogP contribution in [0.4, 0.5) is 0 Å². The van der Waals surface area contributed by atoms with E-state index in [-0.39, 0.29) is 11.9 Å². The highest BCUT2D eigenvalue weighted by Gasteiger charge is 2.31. The van der Waals surface area contributed by atoms with Crippen molar-refractivity contribution in [3.63, 3.8) is 0 Å². The Labute approximate surface area is 156 Å². The number of amides is 1. The average molecular weight is 368 g/mol. The van der Waals surface area contributed by atoms with Crippen LogP contribution in [0.15, 0.2) is 48.8 Å². The number of carbonyl (C=O) groups is 1. The Bertz CT molecular complexity index is 940. The molecule has 4 rings (SSSR count). The van der Waals surface area contributed by atoms with E-state index in [1.165, 1.54) is 11.8 Å². The van der Waals surface area contributed by atoms with E-state index in [4.69, 9.17) is 11.6 Å². The summed E-state index contributed by atoms with van der Waals surface area (Å²) in [6, 6.07) is 12.0. The lowest BCUT2D eigenvalue weighted by Gasteiger charge is -2.34. The number of halogens is 1. The predicted octanol–water partition coefficient (Wildman–Crippen LogP) is 3.07. The van der Waals surface area contributed by atoms with E-state index in [2.05, 4.69) is 31.9 Å². The monoisotopic (exact) mass is 367 g/mol. The number of rotatable bonds is 3. The number of carbonyl (C=O) groups excluding carboxylic acids is 1. The van der Waals surface area contributed by atoms with Crippen LogP contribution in [0.5, 0.6) is 0 Å². The number of fused-ring (bicyclic) bond motifs is 1. The quantitative estimate of drug-likeness (QED) is 0.713. The fourth-order valence-corrected chi connectivity index (χ4v) is 3.65. The number of aryl methyl sites for hydroxylation is 1. The summed E-state index contributed by atoms with van der Waals surface area (Å²) in [5.41, 5.74) is 1.70. The smallest absolute Gasteiger partial charge is 0.255 e. The summed E-state index contributed by atoms with van der Waals surface area (Å²) >= 11 is 5.99. The van der Waals surface area contributed by atoms with Gasteiger partial charge in [-0.25, -0.2) is 0 Å². The Hall–Kier alpha value is -2.73. The van der Waals surface area contributed by atoms with Crippen molar-refractivity contribution in [2.45, 2.75) is 25.9 Å². The zero-order chi connectivity index (χ0) is 18.1. The first-order valence-corrected chi connectivity index (χ1v) is 8.84. The first kappa shape index (κ1) is 16.7. The van der Waals surface area contributed by atoms with E-state index in [0.717, 1.165) is 18.1 Å². The van der Waals surface area contributed by atoms with Crippen molar-refractivity contribution < 1.29 is 4.79 Å². The van der Waals surface area contributed by atoms with Crippen molar-refractivity contribution in [3.05, 3.63) is 76.6 Å². The summed E-state index contributed by atoms with van der Waals surface area (Å²) in [7, 11) is 0. The molecule has 0 saturated carbocycles. The summed E-state index contributed by atoms with van der Waals surface area (Å²) in [4.78, 5) is 18.8. The van der Waals surface area contributed by atoms with Crippen molar-refractivity contribution in [2.75, 3.05) is 6.54 Å². The topological polar surface area (TPSA) is 63.9 Å². The number of hydrogen-bond acceptors (Lipinski definition) is 4. The Kier molecular flexibility index (Phi) is 4.42. The molecule has 26 heavy (non-hydrogen) atoms. The highest BCUT2D eigenvalue weighted by molar-refractivity contribution is 6.30. The van der Waals surface area contributed by atoms with Crippen LogP contribution in [0.1, 0.15) is 33.6 Å². The molecule has 132 valence electrons. The molecule has 0 unspecified atom stereocenters. The Morgan fingerprint density at radius 3 is 2.81 bits per heavy atom. The molecule has 0 spiro atoms. The van der Waals surface area contributed by atoms with Crippen molar-refractivity contribution in [1.82, 2.24) is 24.6 Å². The van der Waals surface area contributed by atoms with Gasteiger partial charge in [0.15, 0.2) is 5.82 Å². The summed E-state index contributed by atoms with van der Waals surface area (Å²) in [6.07, 6.45) is 3.88. The van der Waals surface area contributed by atoms with Gasteiger partial charge in [0.1, 0.15) is 5.82 Å². The average Bonchev–Trinajstić information content (AvgIpc) is 3.03. The van der Waals surface area contributed by atoms with Crippen molar-refractivity contribution in [2.24, 2.45) is 0 Å². The van der Waals surface area contributed by atoms with Gasteiger partial charge in [-0.1, -0.05) is 41.9 Å². The van der Waals surface area contributed by atoms with Gasteiger partial charge in [-0.15, -0.1) is 10.2 Å². The largest absolute Gasteiger partial charge is 0.329 e. The maximum Gasteiger partial charge on any atom is 0.255 e.